The Labute approximate surface area is 248 Å². The number of methoxy groups -OCH3 is 1. The van der Waals surface area contributed by atoms with E-state index in [0.717, 1.165) is 76.6 Å². The Balaban J connectivity index is 3.76. The van der Waals surface area contributed by atoms with Crippen LogP contribution in [0.5, 0.6) is 0 Å². The molecule has 0 unspecified atom stereocenters. The summed E-state index contributed by atoms with van der Waals surface area (Å²) in [5.74, 6) is -0.822. The second-order valence-electron chi connectivity index (χ2n) is 9.24. The van der Waals surface area contributed by atoms with Gasteiger partial charge in [-0.3, -0.25) is 9.59 Å². The van der Waals surface area contributed by atoms with Gasteiger partial charge in [0.05, 0.1) is 7.11 Å². The Hall–Kier alpha value is -3.45. The molecule has 0 fully saturated rings. The Bertz CT molecular complexity index is 898. The van der Waals surface area contributed by atoms with Gasteiger partial charge >= 0.3 is 5.97 Å². The van der Waals surface area contributed by atoms with Crippen LogP contribution in [0.4, 0.5) is 0 Å². The van der Waals surface area contributed by atoms with Gasteiger partial charge in [0.25, 0.3) is 0 Å². The number of nitrogens with zero attached hydrogens (tertiary/aromatic N) is 1. The van der Waals surface area contributed by atoms with Crippen LogP contribution in [0.1, 0.15) is 71.6 Å². The first-order valence-corrected chi connectivity index (χ1v) is 15.0. The number of allylic oxidation sites excluding steroid dienone is 12. The van der Waals surface area contributed by atoms with Gasteiger partial charge in [0, 0.05) is 38.2 Å². The van der Waals surface area contributed by atoms with Gasteiger partial charge in [0.1, 0.15) is 0 Å². The highest BCUT2D eigenvalue weighted by atomic mass is 16.5. The lowest BCUT2D eigenvalue weighted by Crippen LogP contribution is -2.36. The zero-order valence-corrected chi connectivity index (χ0v) is 25.6. The number of amides is 2. The lowest BCUT2D eigenvalue weighted by atomic mass is 10.2. The number of hydrogen-bond acceptors (Lipinski definition) is 5. The third-order valence-electron chi connectivity index (χ3n) is 5.85. The molecule has 0 atom stereocenters. The molecule has 0 aliphatic rings. The predicted octanol–water partition coefficient (Wildman–Crippen LogP) is 6.14. The quantitative estimate of drug-likeness (QED) is 0.0633. The van der Waals surface area contributed by atoms with E-state index in [1.165, 1.54) is 7.11 Å². The van der Waals surface area contributed by atoms with E-state index < -0.39 is 5.97 Å². The minimum absolute atomic E-state index is 0.0669. The number of likely N-dealkylation sites (N-methyl/N-ethyl adjacent to an activating group) is 1. The molecule has 0 bridgehead atoms. The summed E-state index contributed by atoms with van der Waals surface area (Å²) in [5, 5.41) is 5.71. The van der Waals surface area contributed by atoms with Gasteiger partial charge in [-0.05, 0) is 64.5 Å². The van der Waals surface area contributed by atoms with Crippen molar-refractivity contribution in [2.45, 2.75) is 71.6 Å². The van der Waals surface area contributed by atoms with Crippen LogP contribution >= 0.6 is 0 Å². The van der Waals surface area contributed by atoms with Crippen LogP contribution in [0.25, 0.3) is 0 Å². The van der Waals surface area contributed by atoms with E-state index in [-0.39, 0.29) is 11.8 Å². The summed E-state index contributed by atoms with van der Waals surface area (Å²) in [5.41, 5.74) is 0. The topological polar surface area (TPSA) is 87.7 Å². The van der Waals surface area contributed by atoms with Crippen molar-refractivity contribution in [2.24, 2.45) is 0 Å². The van der Waals surface area contributed by atoms with E-state index in [4.69, 9.17) is 0 Å². The highest BCUT2D eigenvalue weighted by molar-refractivity contribution is 5.94. The van der Waals surface area contributed by atoms with E-state index in [1.807, 2.05) is 0 Å². The third kappa shape index (κ3) is 27.9. The van der Waals surface area contributed by atoms with Crippen molar-refractivity contribution >= 4 is 17.8 Å². The Kier molecular flexibility index (Phi) is 27.0. The Morgan fingerprint density at radius 2 is 1.20 bits per heavy atom. The molecule has 0 heterocycles. The van der Waals surface area contributed by atoms with Crippen molar-refractivity contribution in [2.75, 3.05) is 39.8 Å². The number of esters is 1. The fourth-order valence-corrected chi connectivity index (χ4v) is 3.51. The standard InChI is InChI=1S/C34H53N3O4/c1-4-6-7-8-9-10-11-12-13-14-15-16-17-18-19-20-21-22-23-25-32(38)35-28-24-30-37(5-2)31-29-36-33(39)26-27-34(40)41-3/h6-7,9-10,12-13,15-16,18-19,21-22,26-27H,4-5,8,11,14,17,20,23-25,28-31H2,1-3H3,(H,35,38)(H,36,39)/b7-6-,10-9-,13-12-,16-15-,19-18-,22-21-,27-26?. The average Bonchev–Trinajstić information content (AvgIpc) is 2.98. The average molecular weight is 568 g/mol. The Morgan fingerprint density at radius 1 is 0.659 bits per heavy atom. The molecule has 0 saturated heterocycles. The van der Waals surface area contributed by atoms with Crippen LogP contribution < -0.4 is 10.6 Å². The van der Waals surface area contributed by atoms with Crippen molar-refractivity contribution in [3.8, 4) is 0 Å². The number of nitrogens with one attached hydrogen (secondary N) is 2. The molecule has 7 nitrogen and oxygen atoms in total. The summed E-state index contributed by atoms with van der Waals surface area (Å²) >= 11 is 0. The van der Waals surface area contributed by atoms with Crippen LogP contribution in [0.3, 0.4) is 0 Å². The number of ether oxygens (including phenoxy) is 1. The van der Waals surface area contributed by atoms with E-state index >= 15 is 0 Å². The van der Waals surface area contributed by atoms with E-state index in [0.29, 0.717) is 26.1 Å². The zero-order valence-electron chi connectivity index (χ0n) is 25.6. The molecule has 0 aliphatic heterocycles. The fourth-order valence-electron chi connectivity index (χ4n) is 3.51. The fraction of sp³-hybridized carbons (Fsp3) is 0.500. The van der Waals surface area contributed by atoms with Gasteiger partial charge < -0.3 is 20.3 Å². The molecule has 0 rings (SSSR count). The van der Waals surface area contributed by atoms with Crippen molar-refractivity contribution in [3.05, 3.63) is 85.1 Å². The summed E-state index contributed by atoms with van der Waals surface area (Å²) in [6.07, 6.45) is 36.3. The van der Waals surface area contributed by atoms with Gasteiger partial charge in [-0.15, -0.1) is 0 Å². The summed E-state index contributed by atoms with van der Waals surface area (Å²) in [6.45, 7) is 7.70. The van der Waals surface area contributed by atoms with Crippen molar-refractivity contribution in [1.82, 2.24) is 15.5 Å². The van der Waals surface area contributed by atoms with Crippen LogP contribution in [-0.4, -0.2) is 62.5 Å². The molecule has 2 N–H and O–H groups in total. The second-order valence-corrected chi connectivity index (χ2v) is 9.24. The lowest BCUT2D eigenvalue weighted by molar-refractivity contribution is -0.135. The minimum atomic E-state index is -0.560. The first kappa shape index (κ1) is 37.6. The van der Waals surface area contributed by atoms with Gasteiger partial charge in [-0.25, -0.2) is 4.79 Å². The maximum Gasteiger partial charge on any atom is 0.330 e. The van der Waals surface area contributed by atoms with Crippen LogP contribution in [0, 0.1) is 0 Å². The smallest absolute Gasteiger partial charge is 0.330 e. The predicted molar refractivity (Wildman–Crippen MR) is 171 cm³/mol. The summed E-state index contributed by atoms with van der Waals surface area (Å²) in [7, 11) is 1.26. The monoisotopic (exact) mass is 567 g/mol. The van der Waals surface area contributed by atoms with E-state index in [2.05, 4.69) is 107 Å². The number of rotatable bonds is 24. The van der Waals surface area contributed by atoms with Gasteiger partial charge in [0.15, 0.2) is 0 Å². The maximum absolute atomic E-state index is 12.0. The lowest BCUT2D eigenvalue weighted by Gasteiger charge is -2.20. The molecule has 0 spiro atoms. The normalized spacial score (nSPS) is 12.5. The van der Waals surface area contributed by atoms with Crippen LogP contribution in [0.15, 0.2) is 85.1 Å². The molecule has 0 aromatic carbocycles. The summed E-state index contributed by atoms with van der Waals surface area (Å²) < 4.78 is 4.45. The van der Waals surface area contributed by atoms with Gasteiger partial charge in [-0.1, -0.05) is 86.8 Å². The van der Waals surface area contributed by atoms with Crippen molar-refractivity contribution in [3.63, 3.8) is 0 Å². The molecule has 0 aromatic rings. The molecule has 7 heteroatoms. The second kappa shape index (κ2) is 29.5. The molecule has 41 heavy (non-hydrogen) atoms. The Morgan fingerprint density at radius 3 is 1.71 bits per heavy atom. The molecule has 0 aromatic heterocycles. The molecule has 228 valence electrons. The highest BCUT2D eigenvalue weighted by Crippen LogP contribution is 1.98. The summed E-state index contributed by atoms with van der Waals surface area (Å²) in [4.78, 5) is 36.9. The SMILES string of the molecule is CC/C=C\C/C=C\C/C=C\C/C=C\C/C=C\C/C=C\CCC(=O)NCCCN(CC)CCNC(=O)C=CC(=O)OC. The maximum atomic E-state index is 12.0. The minimum Gasteiger partial charge on any atom is -0.466 e. The van der Waals surface area contributed by atoms with Crippen molar-refractivity contribution < 1.29 is 19.1 Å². The number of carbonyl (C=O) groups is 3. The van der Waals surface area contributed by atoms with Gasteiger partial charge in [0.2, 0.25) is 11.8 Å². The van der Waals surface area contributed by atoms with E-state index in [1.54, 1.807) is 0 Å². The van der Waals surface area contributed by atoms with Crippen LogP contribution in [0.2, 0.25) is 0 Å². The summed E-state index contributed by atoms with van der Waals surface area (Å²) in [6, 6.07) is 0. The largest absolute Gasteiger partial charge is 0.466 e. The van der Waals surface area contributed by atoms with Gasteiger partial charge in [-0.2, -0.15) is 0 Å². The van der Waals surface area contributed by atoms with E-state index in [9.17, 15) is 14.4 Å². The first-order chi connectivity index (χ1) is 20.0. The zero-order chi connectivity index (χ0) is 30.2. The molecule has 0 saturated carbocycles. The van der Waals surface area contributed by atoms with Crippen LogP contribution in [-0.2, 0) is 19.1 Å². The molecule has 2 amide bonds. The number of hydrogen-bond donors (Lipinski definition) is 2. The number of carbonyl (C=O) groups excluding carboxylic acids is 3. The molecule has 0 radical (unpaired) electrons. The molecular formula is C34H53N3O4. The van der Waals surface area contributed by atoms with Crippen molar-refractivity contribution in [1.29, 1.82) is 0 Å². The molecule has 0 aliphatic carbocycles. The first-order valence-electron chi connectivity index (χ1n) is 15.0. The highest BCUT2D eigenvalue weighted by Gasteiger charge is 2.04. The molecular weight excluding hydrogens is 514 g/mol. The third-order valence-corrected chi connectivity index (χ3v) is 5.85.